The first-order chi connectivity index (χ1) is 5.34. The molecule has 0 saturated carbocycles. The third kappa shape index (κ3) is 2.00. The van der Waals surface area contributed by atoms with Crippen molar-refractivity contribution in [2.45, 2.75) is 0 Å². The summed E-state index contributed by atoms with van der Waals surface area (Å²) in [7, 11) is 0. The predicted molar refractivity (Wildman–Crippen MR) is 42.0 cm³/mol. The highest BCUT2D eigenvalue weighted by Crippen LogP contribution is 2.08. The van der Waals surface area contributed by atoms with E-state index in [2.05, 4.69) is 0 Å². The van der Waals surface area contributed by atoms with Gasteiger partial charge in [0.05, 0.1) is 5.92 Å². The Morgan fingerprint density at radius 3 is 2.82 bits per heavy atom. The van der Waals surface area contributed by atoms with E-state index in [1.165, 1.54) is 12.2 Å². The fourth-order valence-electron chi connectivity index (χ4n) is 0.864. The van der Waals surface area contributed by atoms with E-state index in [4.69, 9.17) is 0 Å². The van der Waals surface area contributed by atoms with Crippen LogP contribution in [0.25, 0.3) is 0 Å². The van der Waals surface area contributed by atoms with Crippen LogP contribution >= 0.6 is 0 Å². The summed E-state index contributed by atoms with van der Waals surface area (Å²) in [5.41, 5.74) is 0. The lowest BCUT2D eigenvalue weighted by molar-refractivity contribution is -0.115. The van der Waals surface area contributed by atoms with Crippen molar-refractivity contribution in [3.63, 3.8) is 0 Å². The zero-order valence-corrected chi connectivity index (χ0v) is 5.94. The summed E-state index contributed by atoms with van der Waals surface area (Å²) >= 11 is 0. The van der Waals surface area contributed by atoms with E-state index < -0.39 is 0 Å². The summed E-state index contributed by atoms with van der Waals surface area (Å²) in [5, 5.41) is 0. The molecule has 1 rings (SSSR count). The first-order valence-electron chi connectivity index (χ1n) is 3.35. The fourth-order valence-corrected chi connectivity index (χ4v) is 0.864. The maximum Gasteiger partial charge on any atom is 0.166 e. The minimum absolute atomic E-state index is 0.0191. The quantitative estimate of drug-likeness (QED) is 0.433. The summed E-state index contributed by atoms with van der Waals surface area (Å²) < 4.78 is 0. The molecule has 0 aliphatic heterocycles. The maximum atomic E-state index is 11.0. The van der Waals surface area contributed by atoms with Crippen LogP contribution in [0, 0.1) is 5.92 Å². The number of carbonyl (C=O) groups is 2. The molecule has 0 bridgehead atoms. The molecule has 56 valence electrons. The molecule has 1 atom stereocenters. The highest BCUT2D eigenvalue weighted by molar-refractivity contribution is 5.96. The molecule has 0 aromatic carbocycles. The first kappa shape index (κ1) is 7.66. The molecule has 0 N–H and O–H groups in total. The molecule has 1 unspecified atom stereocenters. The van der Waals surface area contributed by atoms with Crippen molar-refractivity contribution in [3.8, 4) is 0 Å². The average molecular weight is 148 g/mol. The van der Waals surface area contributed by atoms with Crippen LogP contribution < -0.4 is 0 Å². The number of hydrogen-bond donors (Lipinski definition) is 0. The van der Waals surface area contributed by atoms with Gasteiger partial charge in [-0.05, 0) is 12.2 Å². The summed E-state index contributed by atoms with van der Waals surface area (Å²) in [6, 6.07) is 0. The summed E-state index contributed by atoms with van der Waals surface area (Å²) in [6.45, 7) is 0. The highest BCUT2D eigenvalue weighted by Gasteiger charge is 2.09. The lowest BCUT2D eigenvalue weighted by Gasteiger charge is -2.04. The molecule has 0 heterocycles. The fraction of sp³-hybridized carbons (Fsp3) is 0.111. The molecule has 0 radical (unpaired) electrons. The molecule has 1 aliphatic carbocycles. The van der Waals surface area contributed by atoms with Gasteiger partial charge in [-0.3, -0.25) is 9.59 Å². The molecule has 1 aliphatic rings. The van der Waals surface area contributed by atoms with Crippen molar-refractivity contribution in [1.82, 2.24) is 0 Å². The van der Waals surface area contributed by atoms with E-state index >= 15 is 0 Å². The molecule has 11 heavy (non-hydrogen) atoms. The topological polar surface area (TPSA) is 34.1 Å². The molecular formula is C9H8O2. The Hall–Kier alpha value is -1.44. The number of rotatable bonds is 2. The SMILES string of the molecule is O=CC=CC1C=CC=CC1=O. The maximum absolute atomic E-state index is 11.0. The number of allylic oxidation sites excluding steroid dienone is 6. The largest absolute Gasteiger partial charge is 0.299 e. The van der Waals surface area contributed by atoms with E-state index in [1.54, 1.807) is 24.3 Å². The average Bonchev–Trinajstić information content (AvgIpc) is 2.03. The summed E-state index contributed by atoms with van der Waals surface area (Å²) in [4.78, 5) is 20.9. The second kappa shape index (κ2) is 3.66. The van der Waals surface area contributed by atoms with E-state index in [9.17, 15) is 9.59 Å². The van der Waals surface area contributed by atoms with Crippen molar-refractivity contribution >= 4 is 12.1 Å². The zero-order valence-electron chi connectivity index (χ0n) is 5.94. The van der Waals surface area contributed by atoms with Gasteiger partial charge in [0.1, 0.15) is 6.29 Å². The first-order valence-corrected chi connectivity index (χ1v) is 3.35. The van der Waals surface area contributed by atoms with E-state index in [-0.39, 0.29) is 11.7 Å². The van der Waals surface area contributed by atoms with E-state index in [1.807, 2.05) is 0 Å². The van der Waals surface area contributed by atoms with Crippen molar-refractivity contribution in [1.29, 1.82) is 0 Å². The second-order valence-corrected chi connectivity index (χ2v) is 2.19. The van der Waals surface area contributed by atoms with Crippen LogP contribution in [0.15, 0.2) is 36.5 Å². The van der Waals surface area contributed by atoms with Gasteiger partial charge in [0.2, 0.25) is 0 Å². The van der Waals surface area contributed by atoms with Crippen molar-refractivity contribution < 1.29 is 9.59 Å². The number of carbonyl (C=O) groups excluding carboxylic acids is 2. The van der Waals surface area contributed by atoms with Gasteiger partial charge in [-0.15, -0.1) is 0 Å². The molecule has 2 nitrogen and oxygen atoms in total. The van der Waals surface area contributed by atoms with Crippen LogP contribution in [-0.4, -0.2) is 12.1 Å². The Morgan fingerprint density at radius 1 is 1.36 bits per heavy atom. The minimum atomic E-state index is -0.245. The van der Waals surface area contributed by atoms with Crippen LogP contribution in [0.1, 0.15) is 0 Å². The van der Waals surface area contributed by atoms with Crippen LogP contribution in [-0.2, 0) is 9.59 Å². The predicted octanol–water partition coefficient (Wildman–Crippen LogP) is 1.05. The van der Waals surface area contributed by atoms with E-state index in [0.29, 0.717) is 6.29 Å². The van der Waals surface area contributed by atoms with Crippen LogP contribution in [0.5, 0.6) is 0 Å². The Morgan fingerprint density at radius 2 is 2.18 bits per heavy atom. The second-order valence-electron chi connectivity index (χ2n) is 2.19. The number of ketones is 1. The van der Waals surface area contributed by atoms with Crippen LogP contribution in [0.2, 0.25) is 0 Å². The van der Waals surface area contributed by atoms with Gasteiger partial charge in [-0.25, -0.2) is 0 Å². The normalized spacial score (nSPS) is 22.9. The Bertz CT molecular complexity index is 246. The van der Waals surface area contributed by atoms with E-state index in [0.717, 1.165) is 0 Å². The molecule has 0 aromatic rings. The Balaban J connectivity index is 2.66. The molecule has 2 heteroatoms. The van der Waals surface area contributed by atoms with Crippen molar-refractivity contribution in [3.05, 3.63) is 36.5 Å². The van der Waals surface area contributed by atoms with Crippen LogP contribution in [0.4, 0.5) is 0 Å². The van der Waals surface area contributed by atoms with Gasteiger partial charge in [0, 0.05) is 0 Å². The van der Waals surface area contributed by atoms with Crippen LogP contribution in [0.3, 0.4) is 0 Å². The highest BCUT2D eigenvalue weighted by atomic mass is 16.1. The van der Waals surface area contributed by atoms with Gasteiger partial charge >= 0.3 is 0 Å². The van der Waals surface area contributed by atoms with Gasteiger partial charge in [0.15, 0.2) is 5.78 Å². The third-order valence-corrected chi connectivity index (χ3v) is 1.42. The lowest BCUT2D eigenvalue weighted by Crippen LogP contribution is -2.08. The smallest absolute Gasteiger partial charge is 0.166 e. The molecule has 0 spiro atoms. The molecule has 0 fully saturated rings. The lowest BCUT2D eigenvalue weighted by atomic mass is 9.99. The van der Waals surface area contributed by atoms with Crippen molar-refractivity contribution in [2.75, 3.05) is 0 Å². The summed E-state index contributed by atoms with van der Waals surface area (Å²) in [6.07, 6.45) is 10.3. The monoisotopic (exact) mass is 148 g/mol. The Kier molecular flexibility index (Phi) is 2.55. The molecule has 0 saturated heterocycles. The minimum Gasteiger partial charge on any atom is -0.299 e. The number of aldehydes is 1. The van der Waals surface area contributed by atoms with Gasteiger partial charge < -0.3 is 0 Å². The number of hydrogen-bond acceptors (Lipinski definition) is 2. The van der Waals surface area contributed by atoms with Gasteiger partial charge in [-0.1, -0.05) is 24.3 Å². The molecular weight excluding hydrogens is 140 g/mol. The summed E-state index contributed by atoms with van der Waals surface area (Å²) in [5.74, 6) is -0.226. The Labute approximate surface area is 64.9 Å². The standard InChI is InChI=1S/C9H8O2/c10-7-3-5-8-4-1-2-6-9(8)11/h1-8H. The zero-order chi connectivity index (χ0) is 8.10. The third-order valence-electron chi connectivity index (χ3n) is 1.42. The van der Waals surface area contributed by atoms with Gasteiger partial charge in [-0.2, -0.15) is 0 Å². The van der Waals surface area contributed by atoms with Crippen molar-refractivity contribution in [2.24, 2.45) is 5.92 Å². The van der Waals surface area contributed by atoms with Gasteiger partial charge in [0.25, 0.3) is 0 Å². The molecule has 0 amide bonds. The molecule has 0 aromatic heterocycles.